The summed E-state index contributed by atoms with van der Waals surface area (Å²) in [5.41, 5.74) is 8.94. The van der Waals surface area contributed by atoms with Crippen LogP contribution in [0.1, 0.15) is 57.7 Å². The van der Waals surface area contributed by atoms with Gasteiger partial charge in [-0.05, 0) is 58.4 Å². The molecule has 34 heavy (non-hydrogen) atoms. The van der Waals surface area contributed by atoms with Gasteiger partial charge in [0.15, 0.2) is 5.69 Å². The Hall–Kier alpha value is -4.20. The van der Waals surface area contributed by atoms with Crippen molar-refractivity contribution in [3.8, 4) is 5.69 Å². The first-order chi connectivity index (χ1) is 16.2. The van der Waals surface area contributed by atoms with E-state index in [1.165, 1.54) is 4.68 Å². The molecule has 0 atom stereocenters. The van der Waals surface area contributed by atoms with Crippen molar-refractivity contribution in [3.63, 3.8) is 0 Å². The van der Waals surface area contributed by atoms with Gasteiger partial charge < -0.3 is 4.57 Å². The maximum Gasteiger partial charge on any atom is 0.290 e. The number of fused-ring (bicyclic) bond motifs is 1. The lowest BCUT2D eigenvalue weighted by atomic mass is 10.1. The number of aromatic nitrogens is 3. The molecule has 0 saturated carbocycles. The largest absolute Gasteiger partial charge is 0.317 e. The van der Waals surface area contributed by atoms with E-state index in [-0.39, 0.29) is 17.3 Å². The Bertz CT molecular complexity index is 1480. The predicted octanol–water partition coefficient (Wildman–Crippen LogP) is 3.77. The molecule has 0 bridgehead atoms. The first-order valence-electron chi connectivity index (χ1n) is 11.1. The number of hydrogen-bond acceptors (Lipinski definition) is 4. The summed E-state index contributed by atoms with van der Waals surface area (Å²) in [6, 6.07) is 16.3. The van der Waals surface area contributed by atoms with Crippen LogP contribution in [0.15, 0.2) is 59.4 Å². The van der Waals surface area contributed by atoms with Crippen molar-refractivity contribution in [2.75, 3.05) is 0 Å². The standard InChI is InChI=1S/C26H27N5O3/c1-15(2)31-26(34)20-12-8-7-11-19(20)23(29-31)25(33)28-27-24(32)21-14-17(4)30(18(21)5)22-13-9-6-10-16(22)3/h6-15H,1-5H3,(H,27,32)(H,28,33). The number of carbonyl (C=O) groups excluding carboxylic acids is 2. The minimum Gasteiger partial charge on any atom is -0.317 e. The van der Waals surface area contributed by atoms with Gasteiger partial charge in [0.1, 0.15) is 0 Å². The van der Waals surface area contributed by atoms with E-state index < -0.39 is 11.8 Å². The number of benzene rings is 2. The monoisotopic (exact) mass is 457 g/mol. The summed E-state index contributed by atoms with van der Waals surface area (Å²) < 4.78 is 3.29. The molecule has 4 aromatic rings. The van der Waals surface area contributed by atoms with Gasteiger partial charge in [-0.3, -0.25) is 25.2 Å². The van der Waals surface area contributed by atoms with Crippen LogP contribution in [0.4, 0.5) is 0 Å². The van der Waals surface area contributed by atoms with E-state index in [9.17, 15) is 14.4 Å². The number of para-hydroxylation sites is 1. The highest BCUT2D eigenvalue weighted by molar-refractivity contribution is 6.06. The van der Waals surface area contributed by atoms with Crippen molar-refractivity contribution in [3.05, 3.63) is 93.2 Å². The molecule has 0 aliphatic carbocycles. The molecular weight excluding hydrogens is 430 g/mol. The quantitative estimate of drug-likeness (QED) is 0.456. The van der Waals surface area contributed by atoms with Crippen LogP contribution in [-0.4, -0.2) is 26.2 Å². The van der Waals surface area contributed by atoms with Gasteiger partial charge in [0.25, 0.3) is 17.4 Å². The van der Waals surface area contributed by atoms with Gasteiger partial charge in [-0.1, -0.05) is 36.4 Å². The Morgan fingerprint density at radius 3 is 2.18 bits per heavy atom. The molecule has 0 saturated heterocycles. The van der Waals surface area contributed by atoms with Crippen molar-refractivity contribution < 1.29 is 9.59 Å². The second-order valence-electron chi connectivity index (χ2n) is 8.55. The summed E-state index contributed by atoms with van der Waals surface area (Å²) in [5, 5.41) is 5.09. The zero-order chi connectivity index (χ0) is 24.6. The molecule has 0 unspecified atom stereocenters. The molecule has 2 aromatic carbocycles. The molecule has 0 aliphatic rings. The molecule has 8 nitrogen and oxygen atoms in total. The third-order valence-electron chi connectivity index (χ3n) is 5.85. The van der Waals surface area contributed by atoms with Gasteiger partial charge in [-0.15, -0.1) is 0 Å². The molecular formula is C26H27N5O3. The fourth-order valence-corrected chi connectivity index (χ4v) is 4.14. The SMILES string of the molecule is Cc1ccccc1-n1c(C)cc(C(=O)NNC(=O)c2nn(C(C)C)c(=O)c3ccccc23)c1C. The Morgan fingerprint density at radius 1 is 0.882 bits per heavy atom. The third kappa shape index (κ3) is 3.98. The Morgan fingerprint density at radius 2 is 1.50 bits per heavy atom. The first-order valence-corrected chi connectivity index (χ1v) is 11.1. The van der Waals surface area contributed by atoms with Gasteiger partial charge in [0, 0.05) is 22.5 Å². The summed E-state index contributed by atoms with van der Waals surface area (Å²) in [7, 11) is 0. The molecule has 2 aromatic heterocycles. The Kier molecular flexibility index (Phi) is 6.06. The molecule has 0 fully saturated rings. The maximum atomic E-state index is 13.0. The average Bonchev–Trinajstić information content (AvgIpc) is 3.11. The van der Waals surface area contributed by atoms with Crippen molar-refractivity contribution in [1.29, 1.82) is 0 Å². The van der Waals surface area contributed by atoms with Gasteiger partial charge in [-0.2, -0.15) is 5.10 Å². The summed E-state index contributed by atoms with van der Waals surface area (Å²) in [6.07, 6.45) is 0. The van der Waals surface area contributed by atoms with Crippen LogP contribution in [-0.2, 0) is 0 Å². The topological polar surface area (TPSA) is 98.0 Å². The molecule has 0 aliphatic heterocycles. The fraction of sp³-hybridized carbons (Fsp3) is 0.231. The van der Waals surface area contributed by atoms with E-state index in [2.05, 4.69) is 16.0 Å². The minimum absolute atomic E-state index is 0.0644. The van der Waals surface area contributed by atoms with Gasteiger partial charge in [-0.25, -0.2) is 4.68 Å². The number of amides is 2. The first kappa shape index (κ1) is 23.0. The van der Waals surface area contributed by atoms with Crippen molar-refractivity contribution in [2.45, 2.75) is 40.7 Å². The second-order valence-corrected chi connectivity index (χ2v) is 8.55. The van der Waals surface area contributed by atoms with Crippen LogP contribution >= 0.6 is 0 Å². The normalized spacial score (nSPS) is 11.1. The molecule has 8 heteroatoms. The number of nitrogens with one attached hydrogen (secondary N) is 2. The highest BCUT2D eigenvalue weighted by Crippen LogP contribution is 2.23. The zero-order valence-electron chi connectivity index (χ0n) is 19.8. The van der Waals surface area contributed by atoms with Gasteiger partial charge >= 0.3 is 0 Å². The van der Waals surface area contributed by atoms with Crippen LogP contribution in [0.3, 0.4) is 0 Å². The molecule has 2 heterocycles. The molecule has 2 N–H and O–H groups in total. The maximum absolute atomic E-state index is 13.0. The Balaban J connectivity index is 1.62. The lowest BCUT2D eigenvalue weighted by Crippen LogP contribution is -2.43. The molecule has 174 valence electrons. The lowest BCUT2D eigenvalue weighted by molar-refractivity contribution is 0.0843. The number of aryl methyl sites for hydroxylation is 2. The number of carbonyl (C=O) groups is 2. The van der Waals surface area contributed by atoms with Crippen LogP contribution in [0, 0.1) is 20.8 Å². The van der Waals surface area contributed by atoms with Gasteiger partial charge in [0.05, 0.1) is 17.0 Å². The van der Waals surface area contributed by atoms with Crippen molar-refractivity contribution >= 4 is 22.6 Å². The highest BCUT2D eigenvalue weighted by Gasteiger charge is 2.21. The smallest absolute Gasteiger partial charge is 0.290 e. The molecule has 0 radical (unpaired) electrons. The summed E-state index contributed by atoms with van der Waals surface area (Å²) in [6.45, 7) is 9.44. The summed E-state index contributed by atoms with van der Waals surface area (Å²) in [5.74, 6) is -1.05. The van der Waals surface area contributed by atoms with Crippen LogP contribution in [0.25, 0.3) is 16.5 Å². The number of hydrogen-bond donors (Lipinski definition) is 2. The zero-order valence-corrected chi connectivity index (χ0v) is 19.8. The highest BCUT2D eigenvalue weighted by atomic mass is 16.2. The van der Waals surface area contributed by atoms with E-state index in [4.69, 9.17) is 0 Å². The fourth-order valence-electron chi connectivity index (χ4n) is 4.14. The van der Waals surface area contributed by atoms with E-state index in [1.807, 2.05) is 63.5 Å². The van der Waals surface area contributed by atoms with Crippen LogP contribution in [0.5, 0.6) is 0 Å². The number of nitrogens with zero attached hydrogens (tertiary/aromatic N) is 3. The van der Waals surface area contributed by atoms with E-state index in [0.717, 1.165) is 22.6 Å². The summed E-state index contributed by atoms with van der Waals surface area (Å²) >= 11 is 0. The average molecular weight is 458 g/mol. The number of rotatable bonds is 4. The predicted molar refractivity (Wildman–Crippen MR) is 131 cm³/mol. The van der Waals surface area contributed by atoms with Crippen LogP contribution in [0.2, 0.25) is 0 Å². The number of hydrazine groups is 1. The lowest BCUT2D eigenvalue weighted by Gasteiger charge is -2.14. The second kappa shape index (κ2) is 8.97. The molecule has 0 spiro atoms. The third-order valence-corrected chi connectivity index (χ3v) is 5.85. The minimum atomic E-state index is -0.605. The van der Waals surface area contributed by atoms with E-state index in [0.29, 0.717) is 16.3 Å². The van der Waals surface area contributed by atoms with Crippen molar-refractivity contribution in [2.24, 2.45) is 0 Å². The molecule has 2 amide bonds. The van der Waals surface area contributed by atoms with E-state index >= 15 is 0 Å². The van der Waals surface area contributed by atoms with Crippen molar-refractivity contribution in [1.82, 2.24) is 25.2 Å². The summed E-state index contributed by atoms with van der Waals surface area (Å²) in [4.78, 5) is 38.7. The van der Waals surface area contributed by atoms with Gasteiger partial charge in [0.2, 0.25) is 0 Å². The Labute approximate surface area is 197 Å². The van der Waals surface area contributed by atoms with Crippen LogP contribution < -0.4 is 16.4 Å². The van der Waals surface area contributed by atoms with E-state index in [1.54, 1.807) is 30.3 Å². The molecule has 4 rings (SSSR count).